The minimum absolute atomic E-state index is 0.0816. The minimum Gasteiger partial charge on any atom is -0.494 e. The number of anilines is 1. The molecule has 164 valence electrons. The molecule has 3 rings (SSSR count). The molecule has 0 atom stereocenters. The van der Waals surface area contributed by atoms with Crippen molar-refractivity contribution < 1.29 is 14.3 Å². The van der Waals surface area contributed by atoms with E-state index in [9.17, 15) is 4.79 Å². The van der Waals surface area contributed by atoms with E-state index >= 15 is 0 Å². The molecule has 0 bridgehead atoms. The van der Waals surface area contributed by atoms with Crippen molar-refractivity contribution in [1.82, 2.24) is 4.98 Å². The van der Waals surface area contributed by atoms with Crippen LogP contribution in [0.3, 0.4) is 0 Å². The molecule has 31 heavy (non-hydrogen) atoms. The van der Waals surface area contributed by atoms with Gasteiger partial charge in [0.05, 0.1) is 12.3 Å². The fraction of sp³-hybridized carbons (Fsp3) is 0.333. The summed E-state index contributed by atoms with van der Waals surface area (Å²) in [5.41, 5.74) is 2.78. The lowest BCUT2D eigenvalue weighted by Gasteiger charge is -2.23. The highest BCUT2D eigenvalue weighted by Crippen LogP contribution is 2.34. The molecule has 7 heteroatoms. The summed E-state index contributed by atoms with van der Waals surface area (Å²) in [6, 6.07) is 13.6. The van der Waals surface area contributed by atoms with Gasteiger partial charge in [-0.25, -0.2) is 4.98 Å². The summed E-state index contributed by atoms with van der Waals surface area (Å²) in [7, 11) is 0. The maximum Gasteiger partial charge on any atom is 0.264 e. The number of benzene rings is 2. The molecule has 1 heterocycles. The van der Waals surface area contributed by atoms with Gasteiger partial charge in [0.2, 0.25) is 0 Å². The van der Waals surface area contributed by atoms with Crippen LogP contribution in [-0.2, 0) is 10.2 Å². The lowest BCUT2D eigenvalue weighted by molar-refractivity contribution is -0.118. The van der Waals surface area contributed by atoms with Crippen LogP contribution >= 0.6 is 27.3 Å². The zero-order valence-corrected chi connectivity index (χ0v) is 20.8. The normalized spacial score (nSPS) is 11.3. The van der Waals surface area contributed by atoms with E-state index in [-0.39, 0.29) is 17.9 Å². The monoisotopic (exact) mass is 502 g/mol. The van der Waals surface area contributed by atoms with E-state index in [4.69, 9.17) is 9.47 Å². The highest BCUT2D eigenvalue weighted by atomic mass is 79.9. The van der Waals surface area contributed by atoms with E-state index in [0.29, 0.717) is 17.5 Å². The van der Waals surface area contributed by atoms with Crippen molar-refractivity contribution in [1.29, 1.82) is 0 Å². The van der Waals surface area contributed by atoms with Gasteiger partial charge in [-0.15, -0.1) is 11.3 Å². The number of nitrogens with one attached hydrogen (secondary N) is 1. The standard InChI is InChI=1S/C24H27BrN2O3S/c1-6-29-18-10-7-16(8-11-18)22-15(2)31-23(27-22)26-21(28)14-30-20-12-9-17(25)13-19(20)24(3,4)5/h7-13H,6,14H2,1-5H3,(H,26,27,28). The predicted molar refractivity (Wildman–Crippen MR) is 130 cm³/mol. The Hall–Kier alpha value is -2.38. The number of ether oxygens (including phenoxy) is 2. The lowest BCUT2D eigenvalue weighted by atomic mass is 9.86. The highest BCUT2D eigenvalue weighted by Gasteiger charge is 2.20. The second-order valence-corrected chi connectivity index (χ2v) is 10.2. The SMILES string of the molecule is CCOc1ccc(-c2nc(NC(=O)COc3ccc(Br)cc3C(C)(C)C)sc2C)cc1. The number of amides is 1. The number of halogens is 1. The molecule has 0 fully saturated rings. The third-order valence-corrected chi connectivity index (χ3v) is 5.97. The molecule has 1 amide bonds. The van der Waals surface area contributed by atoms with Gasteiger partial charge in [0.15, 0.2) is 11.7 Å². The summed E-state index contributed by atoms with van der Waals surface area (Å²) in [4.78, 5) is 18.1. The van der Waals surface area contributed by atoms with Gasteiger partial charge in [0.25, 0.3) is 5.91 Å². The molecule has 0 radical (unpaired) electrons. The molecular weight excluding hydrogens is 476 g/mol. The van der Waals surface area contributed by atoms with Crippen LogP contribution in [0.25, 0.3) is 11.3 Å². The topological polar surface area (TPSA) is 60.5 Å². The minimum atomic E-state index is -0.241. The largest absolute Gasteiger partial charge is 0.494 e. The number of carbonyl (C=O) groups excluding carboxylic acids is 1. The van der Waals surface area contributed by atoms with Crippen molar-refractivity contribution in [2.24, 2.45) is 0 Å². The average molecular weight is 503 g/mol. The van der Waals surface area contributed by atoms with Gasteiger partial charge >= 0.3 is 0 Å². The molecule has 0 aliphatic heterocycles. The van der Waals surface area contributed by atoms with Crippen LogP contribution < -0.4 is 14.8 Å². The molecule has 1 N–H and O–H groups in total. The van der Waals surface area contributed by atoms with Gasteiger partial charge in [-0.1, -0.05) is 36.7 Å². The Kier molecular flexibility index (Phi) is 7.38. The fourth-order valence-electron chi connectivity index (χ4n) is 3.11. The summed E-state index contributed by atoms with van der Waals surface area (Å²) in [5, 5.41) is 3.41. The smallest absolute Gasteiger partial charge is 0.264 e. The molecule has 2 aromatic carbocycles. The van der Waals surface area contributed by atoms with Crippen molar-refractivity contribution >= 4 is 38.3 Å². The quantitative estimate of drug-likeness (QED) is 0.395. The van der Waals surface area contributed by atoms with Gasteiger partial charge in [0.1, 0.15) is 11.5 Å². The summed E-state index contributed by atoms with van der Waals surface area (Å²) >= 11 is 4.95. The van der Waals surface area contributed by atoms with Crippen LogP contribution in [-0.4, -0.2) is 24.1 Å². The molecule has 1 aromatic heterocycles. The van der Waals surface area contributed by atoms with Crippen molar-refractivity contribution in [3.05, 3.63) is 57.4 Å². The van der Waals surface area contributed by atoms with Crippen molar-refractivity contribution in [3.8, 4) is 22.8 Å². The van der Waals surface area contributed by atoms with Gasteiger partial charge < -0.3 is 9.47 Å². The Morgan fingerprint density at radius 2 is 1.84 bits per heavy atom. The zero-order valence-electron chi connectivity index (χ0n) is 18.4. The molecule has 5 nitrogen and oxygen atoms in total. The summed E-state index contributed by atoms with van der Waals surface area (Å²) in [6.07, 6.45) is 0. The number of rotatable bonds is 7. The van der Waals surface area contributed by atoms with Gasteiger partial charge in [-0.3, -0.25) is 10.1 Å². The summed E-state index contributed by atoms with van der Waals surface area (Å²) < 4.78 is 12.3. The van der Waals surface area contributed by atoms with Crippen molar-refractivity contribution in [2.75, 3.05) is 18.5 Å². The number of hydrogen-bond acceptors (Lipinski definition) is 5. The number of carbonyl (C=O) groups is 1. The van der Waals surface area contributed by atoms with Gasteiger partial charge in [-0.2, -0.15) is 0 Å². The predicted octanol–water partition coefficient (Wildman–Crippen LogP) is 6.59. The van der Waals surface area contributed by atoms with Crippen LogP contribution in [0.15, 0.2) is 46.9 Å². The number of nitrogens with zero attached hydrogens (tertiary/aromatic N) is 1. The summed E-state index contributed by atoms with van der Waals surface area (Å²) in [5.74, 6) is 1.29. The Morgan fingerprint density at radius 3 is 2.48 bits per heavy atom. The zero-order chi connectivity index (χ0) is 22.6. The van der Waals surface area contributed by atoms with E-state index < -0.39 is 0 Å². The third-order valence-electron chi connectivity index (χ3n) is 4.59. The Labute approximate surface area is 195 Å². The Bertz CT molecular complexity index is 1060. The van der Waals surface area contributed by atoms with E-state index in [1.54, 1.807) is 0 Å². The summed E-state index contributed by atoms with van der Waals surface area (Å²) in [6.45, 7) is 10.8. The fourth-order valence-corrected chi connectivity index (χ4v) is 4.32. The van der Waals surface area contributed by atoms with Crippen molar-refractivity contribution in [3.63, 3.8) is 0 Å². The molecular formula is C24H27BrN2O3S. The van der Waals surface area contributed by atoms with E-state index in [2.05, 4.69) is 47.0 Å². The third kappa shape index (κ3) is 6.08. The van der Waals surface area contributed by atoms with Crippen LogP contribution in [0, 0.1) is 6.92 Å². The van der Waals surface area contributed by atoms with Crippen molar-refractivity contribution in [2.45, 2.75) is 40.0 Å². The van der Waals surface area contributed by atoms with Crippen LogP contribution in [0.2, 0.25) is 0 Å². The molecule has 3 aromatic rings. The van der Waals surface area contributed by atoms with E-state index in [0.717, 1.165) is 31.9 Å². The molecule has 0 unspecified atom stereocenters. The molecule has 0 aliphatic carbocycles. The van der Waals surface area contributed by atoms with Crippen LogP contribution in [0.4, 0.5) is 5.13 Å². The highest BCUT2D eigenvalue weighted by molar-refractivity contribution is 9.10. The first-order valence-corrected chi connectivity index (χ1v) is 11.7. The number of aryl methyl sites for hydroxylation is 1. The average Bonchev–Trinajstić information content (AvgIpc) is 3.07. The van der Waals surface area contributed by atoms with E-state index in [1.807, 2.05) is 56.3 Å². The molecule has 0 spiro atoms. The Balaban J connectivity index is 1.66. The maximum atomic E-state index is 12.5. The number of thiazole rings is 1. The first-order valence-electron chi connectivity index (χ1n) is 10.1. The van der Waals surface area contributed by atoms with E-state index in [1.165, 1.54) is 11.3 Å². The molecule has 0 aliphatic rings. The number of hydrogen-bond donors (Lipinski definition) is 1. The van der Waals surface area contributed by atoms with Gasteiger partial charge in [-0.05, 0) is 61.7 Å². The van der Waals surface area contributed by atoms with Crippen LogP contribution in [0.5, 0.6) is 11.5 Å². The lowest BCUT2D eigenvalue weighted by Crippen LogP contribution is -2.22. The van der Waals surface area contributed by atoms with Crippen LogP contribution in [0.1, 0.15) is 38.1 Å². The second-order valence-electron chi connectivity index (χ2n) is 8.11. The Morgan fingerprint density at radius 1 is 1.13 bits per heavy atom. The second kappa shape index (κ2) is 9.83. The molecule has 0 saturated heterocycles. The molecule has 0 saturated carbocycles. The number of aromatic nitrogens is 1. The maximum absolute atomic E-state index is 12.5. The van der Waals surface area contributed by atoms with Gasteiger partial charge in [0, 0.05) is 20.5 Å². The first-order chi connectivity index (χ1) is 14.7. The first kappa shape index (κ1) is 23.3.